The van der Waals surface area contributed by atoms with Gasteiger partial charge in [0.05, 0.1) is 5.39 Å². The number of aromatic nitrogens is 8. The standard InChI is InChI=1S/C12H21N5.C12H18N4.C7H11N3O.C7H10N2O2.2C3H8/c1-6(2)8-5-17(7(3)4)11-9(8)10(13)15-12(14)16-11;1-7(2)9-5-16(8(3)4)12-10(9)11(13)14-6-15-12;1-4(2)5-3-9-7(11)10-6(5)8;1-4(2)5-3-8-7(11)9-6(5)10;2*1-3-2/h5-7,10H,13H2,1-4H3,(H3,14,15,16);5-8H,1-4H3,(H2,13,14,15);3-4H,1-2H3,(H3,8,9,10,11);3-4H,1-2H3,(H2,8,9,10,11);2*3H2,1-2H3. The average Bonchev–Trinajstić information content (AvgIpc) is 3.74. The first-order valence-electron chi connectivity index (χ1n) is 21.4. The Morgan fingerprint density at radius 2 is 1.18 bits per heavy atom. The fourth-order valence-corrected chi connectivity index (χ4v) is 5.93. The van der Waals surface area contributed by atoms with Gasteiger partial charge in [-0.1, -0.05) is 95.9 Å². The monoisotopic (exact) mass is 849 g/mol. The third-order valence-electron chi connectivity index (χ3n) is 8.91. The van der Waals surface area contributed by atoms with Crippen LogP contribution < -0.4 is 45.2 Å². The molecule has 0 radical (unpaired) electrons. The first-order valence-corrected chi connectivity index (χ1v) is 21.4. The normalized spacial score (nSPS) is 12.8. The number of nitrogens with two attached hydrogens (primary N) is 4. The largest absolute Gasteiger partial charge is 0.385 e. The molecule has 17 nitrogen and oxygen atoms in total. The van der Waals surface area contributed by atoms with E-state index in [2.05, 4.69) is 145 Å². The molecule has 6 rings (SSSR count). The van der Waals surface area contributed by atoms with E-state index in [0.29, 0.717) is 53.0 Å². The van der Waals surface area contributed by atoms with Gasteiger partial charge in [-0.05, 0) is 62.5 Å². The Balaban J connectivity index is 0.000000395. The number of aromatic amines is 3. The smallest absolute Gasteiger partial charge is 0.346 e. The number of hydrogen-bond acceptors (Lipinski definition) is 12. The highest BCUT2D eigenvalue weighted by atomic mass is 16.2. The number of guanidine groups is 1. The van der Waals surface area contributed by atoms with Gasteiger partial charge >= 0.3 is 11.4 Å². The van der Waals surface area contributed by atoms with Gasteiger partial charge in [-0.25, -0.2) is 29.5 Å². The van der Waals surface area contributed by atoms with E-state index in [4.69, 9.17) is 22.9 Å². The van der Waals surface area contributed by atoms with Gasteiger partial charge < -0.3 is 42.4 Å². The van der Waals surface area contributed by atoms with Crippen LogP contribution in [0.25, 0.3) is 11.0 Å². The summed E-state index contributed by atoms with van der Waals surface area (Å²) < 4.78 is 4.33. The molecule has 0 amide bonds. The summed E-state index contributed by atoms with van der Waals surface area (Å²) in [6.45, 7) is 33.5. The van der Waals surface area contributed by atoms with Crippen molar-refractivity contribution in [1.29, 1.82) is 0 Å². The molecule has 5 aromatic heterocycles. The summed E-state index contributed by atoms with van der Waals surface area (Å²) in [5, 5.41) is 4.13. The van der Waals surface area contributed by atoms with Crippen LogP contribution in [0.1, 0.15) is 193 Å². The minimum atomic E-state index is -0.459. The van der Waals surface area contributed by atoms with E-state index < -0.39 is 11.4 Å². The molecule has 17 heteroatoms. The zero-order chi connectivity index (χ0) is 46.9. The molecule has 0 bridgehead atoms. The summed E-state index contributed by atoms with van der Waals surface area (Å²) in [4.78, 5) is 55.3. The number of H-pyrrole nitrogens is 3. The lowest BCUT2D eigenvalue weighted by Gasteiger charge is -2.22. The van der Waals surface area contributed by atoms with Crippen LogP contribution in [0.4, 0.5) is 17.5 Å². The van der Waals surface area contributed by atoms with Crippen LogP contribution in [0.3, 0.4) is 0 Å². The molecule has 1 aliphatic rings. The Labute approximate surface area is 361 Å². The lowest BCUT2D eigenvalue weighted by atomic mass is 10.00. The average molecular weight is 849 g/mol. The number of rotatable bonds is 6. The number of fused-ring (bicyclic) bond motifs is 2. The highest BCUT2D eigenvalue weighted by Crippen LogP contribution is 2.37. The predicted molar refractivity (Wildman–Crippen MR) is 255 cm³/mol. The fraction of sp³-hybridized carbons (Fsp3) is 0.568. The molecule has 340 valence electrons. The van der Waals surface area contributed by atoms with E-state index in [1.807, 2.05) is 27.7 Å². The third-order valence-corrected chi connectivity index (χ3v) is 8.91. The second kappa shape index (κ2) is 25.2. The minimum Gasteiger partial charge on any atom is -0.385 e. The Morgan fingerprint density at radius 3 is 1.64 bits per heavy atom. The van der Waals surface area contributed by atoms with Gasteiger partial charge in [0.25, 0.3) is 5.56 Å². The van der Waals surface area contributed by atoms with E-state index >= 15 is 0 Å². The second-order valence-corrected chi connectivity index (χ2v) is 16.6. The van der Waals surface area contributed by atoms with E-state index in [0.717, 1.165) is 28.0 Å². The molecule has 1 unspecified atom stereocenters. The molecule has 0 spiro atoms. The van der Waals surface area contributed by atoms with Crippen molar-refractivity contribution in [1.82, 2.24) is 39.0 Å². The minimum absolute atomic E-state index is 0.135. The molecule has 1 atom stereocenters. The molecule has 0 fully saturated rings. The number of nitrogens with zero attached hydrogens (tertiary/aromatic N) is 6. The van der Waals surface area contributed by atoms with E-state index in [9.17, 15) is 14.4 Å². The van der Waals surface area contributed by atoms with Crippen molar-refractivity contribution in [3.8, 4) is 0 Å². The number of hydrogen-bond donors (Lipinski definition) is 8. The Hall–Kier alpha value is -5.71. The highest BCUT2D eigenvalue weighted by Gasteiger charge is 2.27. The number of nitrogen functional groups attached to an aromatic ring is 2. The topological polar surface area (TPSA) is 276 Å². The molecule has 0 aliphatic carbocycles. The van der Waals surface area contributed by atoms with Crippen LogP contribution in [0.5, 0.6) is 0 Å². The molecule has 1 aliphatic heterocycles. The Bertz CT molecular complexity index is 2290. The van der Waals surface area contributed by atoms with Crippen LogP contribution in [0.2, 0.25) is 0 Å². The van der Waals surface area contributed by atoms with Gasteiger partial charge in [0, 0.05) is 53.6 Å². The third kappa shape index (κ3) is 15.4. The van der Waals surface area contributed by atoms with Crippen LogP contribution in [0.15, 0.2) is 50.5 Å². The van der Waals surface area contributed by atoms with Crippen molar-refractivity contribution in [2.75, 3.05) is 16.8 Å². The predicted octanol–water partition coefficient (Wildman–Crippen LogP) is 8.10. The maximum atomic E-state index is 11.0. The van der Waals surface area contributed by atoms with Gasteiger partial charge in [-0.3, -0.25) is 14.8 Å². The quantitative estimate of drug-likeness (QED) is 0.0808. The van der Waals surface area contributed by atoms with E-state index in [1.54, 1.807) is 0 Å². The molecule has 6 heterocycles. The van der Waals surface area contributed by atoms with Crippen molar-refractivity contribution < 1.29 is 0 Å². The molecule has 0 aromatic carbocycles. The molecular formula is C44H76N14O3. The lowest BCUT2D eigenvalue weighted by molar-refractivity contribution is 0.605. The van der Waals surface area contributed by atoms with Gasteiger partial charge in [0.1, 0.15) is 35.6 Å². The van der Waals surface area contributed by atoms with Gasteiger partial charge in [-0.15, -0.1) is 0 Å². The van der Waals surface area contributed by atoms with Crippen LogP contribution in [-0.4, -0.2) is 45.0 Å². The Kier molecular flexibility index (Phi) is 22.0. The SMILES string of the molecule is CC(C)c1c[nH]c(=O)[nH]c1=O.CC(C)c1cn(C(C)C)c2c1C(N)N=C(N)N2.CC(C)c1cn(C(C)C)c2ncnc(N)c12.CC(C)c1cnc(=O)[nH]c1N.CCC.CCC. The second-order valence-electron chi connectivity index (χ2n) is 16.6. The molecule has 0 saturated carbocycles. The van der Waals surface area contributed by atoms with Crippen LogP contribution in [0, 0.1) is 0 Å². The fourth-order valence-electron chi connectivity index (χ4n) is 5.93. The molecule has 0 saturated heterocycles. The van der Waals surface area contributed by atoms with Crippen molar-refractivity contribution >= 4 is 34.4 Å². The summed E-state index contributed by atoms with van der Waals surface area (Å²) >= 11 is 0. The zero-order valence-corrected chi connectivity index (χ0v) is 39.6. The zero-order valence-electron chi connectivity index (χ0n) is 39.6. The van der Waals surface area contributed by atoms with Gasteiger partial charge in [0.15, 0.2) is 5.96 Å². The maximum Gasteiger partial charge on any atom is 0.346 e. The van der Waals surface area contributed by atoms with Crippen molar-refractivity contribution in [2.45, 2.75) is 166 Å². The van der Waals surface area contributed by atoms with Crippen LogP contribution >= 0.6 is 0 Å². The van der Waals surface area contributed by atoms with E-state index in [1.165, 1.54) is 42.7 Å². The van der Waals surface area contributed by atoms with Crippen molar-refractivity contribution in [3.05, 3.63) is 90.3 Å². The van der Waals surface area contributed by atoms with Crippen molar-refractivity contribution in [2.24, 2.45) is 16.5 Å². The molecule has 5 aromatic rings. The maximum absolute atomic E-state index is 11.0. The van der Waals surface area contributed by atoms with Crippen LogP contribution in [-0.2, 0) is 0 Å². The number of aliphatic imine (C=N–C) groups is 1. The van der Waals surface area contributed by atoms with Gasteiger partial charge in [-0.2, -0.15) is 0 Å². The lowest BCUT2D eigenvalue weighted by Crippen LogP contribution is -2.31. The summed E-state index contributed by atoms with van der Waals surface area (Å²) in [5.74, 6) is 3.65. The first kappa shape index (κ1) is 53.3. The number of nitrogens with one attached hydrogen (secondary N) is 4. The summed E-state index contributed by atoms with van der Waals surface area (Å²) in [6, 6.07) is 0.742. The molecular weight excluding hydrogens is 773 g/mol. The van der Waals surface area contributed by atoms with Gasteiger partial charge in [0.2, 0.25) is 0 Å². The number of anilines is 3. The molecule has 61 heavy (non-hydrogen) atoms. The van der Waals surface area contributed by atoms with E-state index in [-0.39, 0.29) is 17.6 Å². The Morgan fingerprint density at radius 1 is 0.672 bits per heavy atom. The highest BCUT2D eigenvalue weighted by molar-refractivity contribution is 5.94. The molecule has 12 N–H and O–H groups in total. The summed E-state index contributed by atoms with van der Waals surface area (Å²) in [7, 11) is 0. The summed E-state index contributed by atoms with van der Waals surface area (Å²) in [5.41, 5.74) is 28.1. The first-order chi connectivity index (χ1) is 28.5. The van der Waals surface area contributed by atoms with Crippen molar-refractivity contribution in [3.63, 3.8) is 0 Å². The summed E-state index contributed by atoms with van der Waals surface area (Å²) in [6.07, 6.45) is 10.9.